The first-order valence-electron chi connectivity index (χ1n) is 12.1. The van der Waals surface area contributed by atoms with Gasteiger partial charge in [0.15, 0.2) is 0 Å². The predicted octanol–water partition coefficient (Wildman–Crippen LogP) is 7.87. The Bertz CT molecular complexity index is 410. The van der Waals surface area contributed by atoms with Crippen molar-refractivity contribution in [2.24, 2.45) is 53.3 Å². The molecule has 3 saturated carbocycles. The number of hydrogen-bond acceptors (Lipinski definition) is 1. The molecule has 3 fully saturated rings. The molecule has 0 radical (unpaired) electrons. The molecule has 0 bridgehead atoms. The van der Waals surface area contributed by atoms with Gasteiger partial charge in [0.2, 0.25) is 0 Å². The summed E-state index contributed by atoms with van der Waals surface area (Å²) in [6.45, 7) is 10.4. The SMILES string of the molecule is CC1CCCCC1C(C)C(C)C1CCC(C2CCC(CS)CC2)CC1C. The fourth-order valence-corrected chi connectivity index (χ4v) is 7.78. The molecule has 7 atom stereocenters. The zero-order valence-electron chi connectivity index (χ0n) is 18.1. The second-order valence-corrected chi connectivity index (χ2v) is 11.2. The summed E-state index contributed by atoms with van der Waals surface area (Å²) in [7, 11) is 0. The number of rotatable bonds is 5. The predicted molar refractivity (Wildman–Crippen MR) is 119 cm³/mol. The van der Waals surface area contributed by atoms with E-state index in [1.165, 1.54) is 70.6 Å². The van der Waals surface area contributed by atoms with Crippen LogP contribution in [-0.4, -0.2) is 5.75 Å². The van der Waals surface area contributed by atoms with Gasteiger partial charge in [0.25, 0.3) is 0 Å². The highest BCUT2D eigenvalue weighted by Gasteiger charge is 2.39. The van der Waals surface area contributed by atoms with Gasteiger partial charge in [-0.3, -0.25) is 0 Å². The van der Waals surface area contributed by atoms with Crippen LogP contribution < -0.4 is 0 Å². The third-order valence-electron chi connectivity index (χ3n) is 9.45. The van der Waals surface area contributed by atoms with Crippen LogP contribution in [0.2, 0.25) is 0 Å². The van der Waals surface area contributed by atoms with Gasteiger partial charge >= 0.3 is 0 Å². The van der Waals surface area contributed by atoms with Gasteiger partial charge in [-0.05, 0) is 110 Å². The van der Waals surface area contributed by atoms with E-state index in [4.69, 9.17) is 0 Å². The van der Waals surface area contributed by atoms with Crippen LogP contribution in [-0.2, 0) is 0 Å². The van der Waals surface area contributed by atoms with Crippen LogP contribution >= 0.6 is 12.6 Å². The summed E-state index contributed by atoms with van der Waals surface area (Å²) in [6.07, 6.45) is 16.4. The largest absolute Gasteiger partial charge is 0.179 e. The molecule has 0 spiro atoms. The Labute approximate surface area is 170 Å². The molecule has 0 saturated heterocycles. The highest BCUT2D eigenvalue weighted by molar-refractivity contribution is 7.80. The maximum absolute atomic E-state index is 4.54. The van der Waals surface area contributed by atoms with Crippen molar-refractivity contribution in [3.8, 4) is 0 Å². The summed E-state index contributed by atoms with van der Waals surface area (Å²) in [5, 5.41) is 0. The highest BCUT2D eigenvalue weighted by Crippen LogP contribution is 2.48. The first-order chi connectivity index (χ1) is 12.5. The molecule has 0 aliphatic heterocycles. The van der Waals surface area contributed by atoms with Crippen molar-refractivity contribution < 1.29 is 0 Å². The smallest absolute Gasteiger partial charge is 0.00695 e. The lowest BCUT2D eigenvalue weighted by Crippen LogP contribution is -2.37. The van der Waals surface area contributed by atoms with Gasteiger partial charge in [-0.25, -0.2) is 0 Å². The summed E-state index contributed by atoms with van der Waals surface area (Å²) < 4.78 is 0. The van der Waals surface area contributed by atoms with Crippen LogP contribution in [0.5, 0.6) is 0 Å². The zero-order valence-corrected chi connectivity index (χ0v) is 19.0. The maximum atomic E-state index is 4.54. The van der Waals surface area contributed by atoms with Crippen molar-refractivity contribution in [1.29, 1.82) is 0 Å². The quantitative estimate of drug-likeness (QED) is 0.462. The fourth-order valence-electron chi connectivity index (χ4n) is 7.42. The Morgan fingerprint density at radius 2 is 1.27 bits per heavy atom. The van der Waals surface area contributed by atoms with Crippen LogP contribution in [0.25, 0.3) is 0 Å². The standard InChI is InChI=1S/C25H46S/c1-17-7-5-6-8-24(17)19(3)20(4)25-14-13-23(15-18(25)2)22-11-9-21(16-26)10-12-22/h17-26H,5-16H2,1-4H3. The van der Waals surface area contributed by atoms with Crippen molar-refractivity contribution in [2.75, 3.05) is 5.75 Å². The third-order valence-corrected chi connectivity index (χ3v) is 9.97. The molecule has 0 aromatic rings. The Morgan fingerprint density at radius 1 is 0.692 bits per heavy atom. The second kappa shape index (κ2) is 9.71. The van der Waals surface area contributed by atoms with Gasteiger partial charge in [0.05, 0.1) is 0 Å². The van der Waals surface area contributed by atoms with Crippen LogP contribution in [0, 0.1) is 53.3 Å². The average molecular weight is 379 g/mol. The van der Waals surface area contributed by atoms with Crippen molar-refractivity contribution in [1.82, 2.24) is 0 Å². The Kier molecular flexibility index (Phi) is 7.87. The van der Waals surface area contributed by atoms with E-state index >= 15 is 0 Å². The lowest BCUT2D eigenvalue weighted by atomic mass is 9.60. The summed E-state index contributed by atoms with van der Waals surface area (Å²) in [4.78, 5) is 0. The molecule has 3 aliphatic carbocycles. The van der Waals surface area contributed by atoms with E-state index in [1.54, 1.807) is 0 Å². The summed E-state index contributed by atoms with van der Waals surface area (Å²) in [5.74, 6) is 9.88. The van der Waals surface area contributed by atoms with E-state index < -0.39 is 0 Å². The van der Waals surface area contributed by atoms with Crippen LogP contribution in [0.3, 0.4) is 0 Å². The molecule has 0 aromatic carbocycles. The van der Waals surface area contributed by atoms with Crippen molar-refractivity contribution in [3.63, 3.8) is 0 Å². The topological polar surface area (TPSA) is 0 Å². The van der Waals surface area contributed by atoms with E-state index in [2.05, 4.69) is 40.3 Å². The molecular formula is C25H46S. The fraction of sp³-hybridized carbons (Fsp3) is 1.00. The Hall–Kier alpha value is 0.350. The van der Waals surface area contributed by atoms with E-state index in [-0.39, 0.29) is 0 Å². The summed E-state index contributed by atoms with van der Waals surface area (Å²) in [6, 6.07) is 0. The van der Waals surface area contributed by atoms with Gasteiger partial charge < -0.3 is 0 Å². The lowest BCUT2D eigenvalue weighted by molar-refractivity contribution is 0.0430. The van der Waals surface area contributed by atoms with Gasteiger partial charge in [-0.1, -0.05) is 47.0 Å². The molecule has 1 heteroatoms. The number of thiol groups is 1. The molecule has 3 rings (SSSR count). The molecule has 0 aromatic heterocycles. The van der Waals surface area contributed by atoms with Crippen molar-refractivity contribution in [3.05, 3.63) is 0 Å². The minimum absolute atomic E-state index is 0.918. The monoisotopic (exact) mass is 378 g/mol. The minimum Gasteiger partial charge on any atom is -0.179 e. The zero-order chi connectivity index (χ0) is 18.7. The molecule has 0 nitrogen and oxygen atoms in total. The summed E-state index contributed by atoms with van der Waals surface area (Å²) >= 11 is 4.54. The van der Waals surface area contributed by atoms with Crippen LogP contribution in [0.15, 0.2) is 0 Å². The lowest BCUT2D eigenvalue weighted by Gasteiger charge is -2.46. The normalized spacial score (nSPS) is 44.4. The molecule has 0 amide bonds. The van der Waals surface area contributed by atoms with E-state index in [9.17, 15) is 0 Å². The van der Waals surface area contributed by atoms with Gasteiger partial charge in [0.1, 0.15) is 0 Å². The first-order valence-corrected chi connectivity index (χ1v) is 12.7. The summed E-state index contributed by atoms with van der Waals surface area (Å²) in [5.41, 5.74) is 0. The highest BCUT2D eigenvalue weighted by atomic mass is 32.1. The first kappa shape index (κ1) is 21.1. The molecule has 0 heterocycles. The van der Waals surface area contributed by atoms with Gasteiger partial charge in [-0.2, -0.15) is 12.6 Å². The Morgan fingerprint density at radius 3 is 1.85 bits per heavy atom. The van der Waals surface area contributed by atoms with E-state index in [0.717, 1.165) is 59.0 Å². The van der Waals surface area contributed by atoms with Crippen LogP contribution in [0.4, 0.5) is 0 Å². The second-order valence-electron chi connectivity index (χ2n) is 10.8. The van der Waals surface area contributed by atoms with E-state index in [1.807, 2.05) is 0 Å². The molecule has 152 valence electrons. The van der Waals surface area contributed by atoms with Gasteiger partial charge in [-0.15, -0.1) is 0 Å². The molecule has 26 heavy (non-hydrogen) atoms. The van der Waals surface area contributed by atoms with Crippen molar-refractivity contribution in [2.45, 2.75) is 98.3 Å². The van der Waals surface area contributed by atoms with E-state index in [0.29, 0.717) is 0 Å². The molecule has 0 N–H and O–H groups in total. The molecule has 7 unspecified atom stereocenters. The average Bonchev–Trinajstić information content (AvgIpc) is 2.67. The maximum Gasteiger partial charge on any atom is -0.00695 e. The van der Waals surface area contributed by atoms with Crippen LogP contribution in [0.1, 0.15) is 98.3 Å². The minimum atomic E-state index is 0.918. The Balaban J connectivity index is 1.51. The van der Waals surface area contributed by atoms with Crippen molar-refractivity contribution >= 4 is 12.6 Å². The third kappa shape index (κ3) is 4.84. The molecular weight excluding hydrogens is 332 g/mol. The van der Waals surface area contributed by atoms with Gasteiger partial charge in [0, 0.05) is 0 Å². The molecule has 3 aliphatic rings. The number of hydrogen-bond donors (Lipinski definition) is 1.